The molecule has 0 unspecified atom stereocenters. The fourth-order valence-corrected chi connectivity index (χ4v) is 11.2. The average Bonchev–Trinajstić information content (AvgIpc) is 3.41. The standard InChI is InChI=1S/C72H120N2/c1-7-13-19-23-27-28-29-30-31-32-33-34-35-36-37-38-39-40-41-42-45-49-55-68(63-74-73)71(56-50-46-26-22-16-10-4)72(69-59-64(51-17-11-5)57-65(60-69)52-18-12-6)70-61-66(53-47-43-24-20-14-8-2)58-67(62-70)54-48-44-25-21-15-9-3/h57-62H,7-48,50-54,56H2,1-6H3. The molecule has 0 saturated heterocycles. The highest BCUT2D eigenvalue weighted by Gasteiger charge is 2.20. The number of rotatable bonds is 50. The molecule has 2 aromatic rings. The van der Waals surface area contributed by atoms with Crippen molar-refractivity contribution in [2.75, 3.05) is 0 Å². The number of hydrogen-bond donors (Lipinski definition) is 0. The lowest BCUT2D eigenvalue weighted by molar-refractivity contribution is 0.00770. The summed E-state index contributed by atoms with van der Waals surface area (Å²) in [5, 5.41) is 0. The predicted molar refractivity (Wildman–Crippen MR) is 331 cm³/mol. The lowest BCUT2D eigenvalue weighted by atomic mass is 9.83. The molecule has 0 aliphatic rings. The molecule has 2 rings (SSSR count). The van der Waals surface area contributed by atoms with E-state index >= 15 is 0 Å². The molecule has 0 N–H and O–H groups in total. The Hall–Kier alpha value is -3.10. The van der Waals surface area contributed by atoms with Crippen molar-refractivity contribution in [3.63, 3.8) is 0 Å². The van der Waals surface area contributed by atoms with E-state index < -0.39 is 0 Å². The summed E-state index contributed by atoms with van der Waals surface area (Å²) in [5.41, 5.74) is 22.2. The normalized spacial score (nSPS) is 11.6. The highest BCUT2D eigenvalue weighted by Crippen LogP contribution is 2.36. The summed E-state index contributed by atoms with van der Waals surface area (Å²) in [5.74, 6) is 10.4. The van der Waals surface area contributed by atoms with Crippen LogP contribution in [-0.4, -0.2) is 10.7 Å². The number of aryl methyl sites for hydroxylation is 4. The fourth-order valence-electron chi connectivity index (χ4n) is 11.2. The van der Waals surface area contributed by atoms with Crippen molar-refractivity contribution >= 4 is 11.4 Å². The van der Waals surface area contributed by atoms with E-state index in [0.717, 1.165) is 56.9 Å². The summed E-state index contributed by atoms with van der Waals surface area (Å²) in [7, 11) is 0. The second-order valence-corrected chi connectivity index (χ2v) is 23.0. The molecule has 0 aromatic heterocycles. The summed E-state index contributed by atoms with van der Waals surface area (Å²) in [4.78, 5) is 3.67. The minimum atomic E-state index is 0.789. The molecule has 74 heavy (non-hydrogen) atoms. The molecule has 0 aliphatic heterocycles. The summed E-state index contributed by atoms with van der Waals surface area (Å²) >= 11 is 0. The van der Waals surface area contributed by atoms with Gasteiger partial charge in [-0.2, -0.15) is 0 Å². The minimum Gasteiger partial charge on any atom is -0.348 e. The SMILES string of the molecule is CCCCCCCCCCCCCCCCCCCCCCC#CC(=C=[N+]=[N-])C(CCCCCCCC)=C(c1cc(CCCC)cc(CCCC)c1)c1cc(CCCCCCCC)cc(CCCCCCCC)c1. The van der Waals surface area contributed by atoms with Crippen molar-refractivity contribution in [2.24, 2.45) is 0 Å². The topological polar surface area (TPSA) is 36.4 Å². The highest BCUT2D eigenvalue weighted by atomic mass is 14.8. The molecule has 0 radical (unpaired) electrons. The van der Waals surface area contributed by atoms with Crippen LogP contribution >= 0.6 is 0 Å². The molecule has 2 heteroatoms. The number of nitrogens with zero attached hydrogens (tertiary/aromatic N) is 2. The molecule has 0 spiro atoms. The lowest BCUT2D eigenvalue weighted by Crippen LogP contribution is -2.04. The Morgan fingerprint density at radius 3 is 0.946 bits per heavy atom. The van der Waals surface area contributed by atoms with Crippen molar-refractivity contribution in [1.82, 2.24) is 0 Å². The van der Waals surface area contributed by atoms with E-state index in [1.165, 1.54) is 301 Å². The Labute approximate surface area is 462 Å². The van der Waals surface area contributed by atoms with Crippen LogP contribution in [0.5, 0.6) is 0 Å². The van der Waals surface area contributed by atoms with Gasteiger partial charge >= 0.3 is 5.87 Å². The van der Waals surface area contributed by atoms with Crippen LogP contribution in [0.3, 0.4) is 0 Å². The van der Waals surface area contributed by atoms with E-state index in [1.54, 1.807) is 0 Å². The molecule has 0 atom stereocenters. The van der Waals surface area contributed by atoms with Crippen LogP contribution < -0.4 is 0 Å². The molecule has 0 amide bonds. The van der Waals surface area contributed by atoms with E-state index in [-0.39, 0.29) is 0 Å². The molecule has 2 nitrogen and oxygen atoms in total. The van der Waals surface area contributed by atoms with Gasteiger partial charge in [0.25, 0.3) is 0 Å². The molecular formula is C72H120N2. The number of allylic oxidation sites excluding steroid dienone is 2. The molecular weight excluding hydrogens is 893 g/mol. The molecule has 0 aliphatic carbocycles. The summed E-state index contributed by atoms with van der Waals surface area (Å²) in [6.07, 6.45) is 62.1. The van der Waals surface area contributed by atoms with Crippen LogP contribution in [0, 0.1) is 11.8 Å². The van der Waals surface area contributed by atoms with Crippen LogP contribution in [0.4, 0.5) is 0 Å². The number of hydrogen-bond acceptors (Lipinski definition) is 0. The van der Waals surface area contributed by atoms with Crippen LogP contribution in [0.25, 0.3) is 11.1 Å². The third-order valence-corrected chi connectivity index (χ3v) is 15.9. The maximum absolute atomic E-state index is 10.4. The second-order valence-electron chi connectivity index (χ2n) is 23.0. The van der Waals surface area contributed by atoms with Gasteiger partial charge in [-0.05, 0) is 115 Å². The van der Waals surface area contributed by atoms with Crippen molar-refractivity contribution in [2.45, 2.75) is 350 Å². The highest BCUT2D eigenvalue weighted by molar-refractivity contribution is 5.89. The molecule has 2 aromatic carbocycles. The maximum atomic E-state index is 10.4. The van der Waals surface area contributed by atoms with Crippen LogP contribution in [0.2, 0.25) is 0 Å². The quantitative estimate of drug-likeness (QED) is 0.0158. The monoisotopic (exact) mass is 1010 g/mol. The largest absolute Gasteiger partial charge is 0.348 e. The Morgan fingerprint density at radius 2 is 0.622 bits per heavy atom. The molecule has 0 bridgehead atoms. The average molecular weight is 1010 g/mol. The van der Waals surface area contributed by atoms with E-state index in [9.17, 15) is 5.53 Å². The van der Waals surface area contributed by atoms with Crippen LogP contribution in [-0.2, 0) is 25.7 Å². The maximum Gasteiger partial charge on any atom is 0.317 e. The zero-order chi connectivity index (χ0) is 53.2. The third-order valence-electron chi connectivity index (χ3n) is 15.9. The summed E-state index contributed by atoms with van der Waals surface area (Å²) in [6, 6.07) is 15.2. The van der Waals surface area contributed by atoms with Gasteiger partial charge < -0.3 is 5.53 Å². The van der Waals surface area contributed by atoms with Gasteiger partial charge in [-0.25, -0.2) is 0 Å². The van der Waals surface area contributed by atoms with Gasteiger partial charge in [-0.1, -0.05) is 321 Å². The minimum absolute atomic E-state index is 0.789. The van der Waals surface area contributed by atoms with Crippen LogP contribution in [0.1, 0.15) is 357 Å². The number of benzene rings is 2. The van der Waals surface area contributed by atoms with Gasteiger partial charge in [0, 0.05) is 6.42 Å². The molecule has 0 saturated carbocycles. The molecule has 0 fully saturated rings. The first-order valence-corrected chi connectivity index (χ1v) is 33.0. The van der Waals surface area contributed by atoms with Gasteiger partial charge in [-0.3, -0.25) is 0 Å². The van der Waals surface area contributed by atoms with Gasteiger partial charge in [0.2, 0.25) is 0 Å². The summed E-state index contributed by atoms with van der Waals surface area (Å²) < 4.78 is 0. The van der Waals surface area contributed by atoms with E-state index in [4.69, 9.17) is 0 Å². The Kier molecular flexibility index (Phi) is 44.8. The zero-order valence-electron chi connectivity index (χ0n) is 50.3. The van der Waals surface area contributed by atoms with Crippen molar-refractivity contribution in [3.05, 3.63) is 86.5 Å². The predicted octanol–water partition coefficient (Wildman–Crippen LogP) is 23.8. The van der Waals surface area contributed by atoms with E-state index in [1.807, 2.05) is 0 Å². The number of unbranched alkanes of at least 4 members (excludes halogenated alkanes) is 37. The van der Waals surface area contributed by atoms with Crippen molar-refractivity contribution in [1.29, 1.82) is 0 Å². The van der Waals surface area contributed by atoms with Gasteiger partial charge in [0.05, 0.1) is 0 Å². The van der Waals surface area contributed by atoms with Gasteiger partial charge in [0.15, 0.2) is 5.57 Å². The van der Waals surface area contributed by atoms with Gasteiger partial charge in [-0.15, -0.1) is 4.79 Å². The third kappa shape index (κ3) is 34.5. The Morgan fingerprint density at radius 1 is 0.338 bits per heavy atom. The van der Waals surface area contributed by atoms with E-state index in [2.05, 4.69) is 100 Å². The molecule has 418 valence electrons. The molecule has 0 heterocycles. The van der Waals surface area contributed by atoms with Crippen molar-refractivity contribution in [3.8, 4) is 11.8 Å². The second kappa shape index (κ2) is 49.5. The zero-order valence-corrected chi connectivity index (χ0v) is 50.3. The fraction of sp³-hybridized carbons (Fsp3) is 0.750. The lowest BCUT2D eigenvalue weighted by Gasteiger charge is -2.20. The smallest absolute Gasteiger partial charge is 0.317 e. The Balaban J connectivity index is 2.41. The first kappa shape index (κ1) is 67.0. The first-order chi connectivity index (χ1) is 36.5. The summed E-state index contributed by atoms with van der Waals surface area (Å²) in [6.45, 7) is 13.9. The van der Waals surface area contributed by atoms with E-state index in [0.29, 0.717) is 0 Å². The Bertz CT molecular complexity index is 1760. The van der Waals surface area contributed by atoms with Gasteiger partial charge in [0.1, 0.15) is 0 Å². The van der Waals surface area contributed by atoms with Crippen molar-refractivity contribution < 1.29 is 4.79 Å². The first-order valence-electron chi connectivity index (χ1n) is 33.0. The van der Waals surface area contributed by atoms with Crippen LogP contribution in [0.15, 0.2) is 47.5 Å².